The Morgan fingerprint density at radius 3 is 2.94 bits per heavy atom. The van der Waals surface area contributed by atoms with Crippen LogP contribution in [0.15, 0.2) is 24.3 Å². The van der Waals surface area contributed by atoms with E-state index in [1.165, 1.54) is 0 Å². The number of benzene rings is 1. The third-order valence-electron chi connectivity index (χ3n) is 2.63. The first kappa shape index (κ1) is 11.6. The van der Waals surface area contributed by atoms with Gasteiger partial charge >= 0.3 is 5.97 Å². The number of carbonyl (C=O) groups is 1. The maximum Gasteiger partial charge on any atom is 0.304 e. The molecule has 0 radical (unpaired) electrons. The van der Waals surface area contributed by atoms with Crippen LogP contribution in [0, 0.1) is 0 Å². The number of nitrogens with zero attached hydrogens (tertiary/aromatic N) is 1. The van der Waals surface area contributed by atoms with E-state index in [9.17, 15) is 4.79 Å². The fraction of sp³-hybridized carbons (Fsp3) is 0.333. The van der Waals surface area contributed by atoms with Crippen LogP contribution in [0.2, 0.25) is 0 Å². The fourth-order valence-electron chi connectivity index (χ4n) is 1.77. The lowest BCUT2D eigenvalue weighted by Gasteiger charge is -2.06. The zero-order valence-corrected chi connectivity index (χ0v) is 9.39. The minimum absolute atomic E-state index is 0.000227. The minimum atomic E-state index is -0.859. The topological polar surface area (TPSA) is 92.0 Å². The van der Waals surface area contributed by atoms with Crippen LogP contribution >= 0.6 is 0 Å². The van der Waals surface area contributed by atoms with Crippen molar-refractivity contribution in [1.29, 1.82) is 0 Å². The van der Waals surface area contributed by atoms with Crippen molar-refractivity contribution in [3.8, 4) is 0 Å². The van der Waals surface area contributed by atoms with Gasteiger partial charge in [0, 0.05) is 12.5 Å². The zero-order chi connectivity index (χ0) is 12.3. The number of aryl methyl sites for hydroxylation is 1. The van der Waals surface area contributed by atoms with Gasteiger partial charge in [0.1, 0.15) is 5.82 Å². The summed E-state index contributed by atoms with van der Waals surface area (Å²) in [4.78, 5) is 18.1. The molecule has 1 unspecified atom stereocenters. The minimum Gasteiger partial charge on any atom is -0.481 e. The number of aromatic amines is 1. The van der Waals surface area contributed by atoms with Gasteiger partial charge in [0.2, 0.25) is 0 Å². The van der Waals surface area contributed by atoms with Gasteiger partial charge in [0.05, 0.1) is 17.5 Å². The number of nitrogens with one attached hydrogen (secondary N) is 1. The monoisotopic (exact) mass is 233 g/mol. The van der Waals surface area contributed by atoms with Crippen LogP contribution in [0.1, 0.15) is 18.7 Å². The molecule has 2 aromatic rings. The molecule has 5 heteroatoms. The Morgan fingerprint density at radius 1 is 1.47 bits per heavy atom. The van der Waals surface area contributed by atoms with Crippen LogP contribution in [0.5, 0.6) is 0 Å². The van der Waals surface area contributed by atoms with Gasteiger partial charge in [-0.3, -0.25) is 4.79 Å². The lowest BCUT2D eigenvalue weighted by atomic mass is 10.1. The highest BCUT2D eigenvalue weighted by Gasteiger charge is 2.09. The van der Waals surface area contributed by atoms with Crippen molar-refractivity contribution in [3.05, 3.63) is 30.1 Å². The van der Waals surface area contributed by atoms with Crippen LogP contribution in [0.25, 0.3) is 11.0 Å². The van der Waals surface area contributed by atoms with Crippen LogP contribution in [0.4, 0.5) is 0 Å². The van der Waals surface area contributed by atoms with Gasteiger partial charge < -0.3 is 15.8 Å². The van der Waals surface area contributed by atoms with E-state index in [0.717, 1.165) is 16.9 Å². The van der Waals surface area contributed by atoms with Gasteiger partial charge in [-0.25, -0.2) is 4.98 Å². The Balaban J connectivity index is 1.97. The zero-order valence-electron chi connectivity index (χ0n) is 9.39. The predicted octanol–water partition coefficient (Wildman–Crippen LogP) is 1.30. The van der Waals surface area contributed by atoms with Crippen LogP contribution in [0.3, 0.4) is 0 Å². The summed E-state index contributed by atoms with van der Waals surface area (Å²) in [5.41, 5.74) is 7.61. The average molecular weight is 233 g/mol. The SMILES string of the molecule is NC(CCc1nc2ccccc2[nH]1)CC(=O)O. The van der Waals surface area contributed by atoms with E-state index in [4.69, 9.17) is 10.8 Å². The number of aliphatic carboxylic acids is 1. The molecule has 0 aliphatic heterocycles. The largest absolute Gasteiger partial charge is 0.481 e. The summed E-state index contributed by atoms with van der Waals surface area (Å²) < 4.78 is 0. The van der Waals surface area contributed by atoms with Crippen molar-refractivity contribution in [2.24, 2.45) is 5.73 Å². The van der Waals surface area contributed by atoms with Crippen molar-refractivity contribution >= 4 is 17.0 Å². The second kappa shape index (κ2) is 4.97. The fourth-order valence-corrected chi connectivity index (χ4v) is 1.77. The highest BCUT2D eigenvalue weighted by atomic mass is 16.4. The van der Waals surface area contributed by atoms with Crippen LogP contribution in [-0.4, -0.2) is 27.1 Å². The summed E-state index contributed by atoms with van der Waals surface area (Å²) in [5, 5.41) is 8.59. The van der Waals surface area contributed by atoms with Gasteiger partial charge in [-0.1, -0.05) is 12.1 Å². The van der Waals surface area contributed by atoms with E-state index < -0.39 is 5.97 Å². The van der Waals surface area contributed by atoms with E-state index in [2.05, 4.69) is 9.97 Å². The van der Waals surface area contributed by atoms with Gasteiger partial charge in [-0.2, -0.15) is 0 Å². The molecule has 0 amide bonds. The number of hydrogen-bond acceptors (Lipinski definition) is 3. The van der Waals surface area contributed by atoms with Crippen molar-refractivity contribution < 1.29 is 9.90 Å². The molecule has 0 saturated heterocycles. The second-order valence-corrected chi connectivity index (χ2v) is 4.10. The molecule has 17 heavy (non-hydrogen) atoms. The molecule has 1 heterocycles. The van der Waals surface area contributed by atoms with E-state index in [1.807, 2.05) is 24.3 Å². The van der Waals surface area contributed by atoms with Gasteiger partial charge in [0.15, 0.2) is 0 Å². The first-order valence-electron chi connectivity index (χ1n) is 5.56. The molecule has 90 valence electrons. The second-order valence-electron chi connectivity index (χ2n) is 4.10. The smallest absolute Gasteiger partial charge is 0.304 e. The van der Waals surface area contributed by atoms with Gasteiger partial charge in [-0.05, 0) is 18.6 Å². The molecular weight excluding hydrogens is 218 g/mol. The molecule has 5 nitrogen and oxygen atoms in total. The number of para-hydroxylation sites is 2. The third kappa shape index (κ3) is 3.04. The molecular formula is C12H15N3O2. The van der Waals surface area contributed by atoms with E-state index >= 15 is 0 Å². The molecule has 0 bridgehead atoms. The third-order valence-corrected chi connectivity index (χ3v) is 2.63. The Kier molecular flexibility index (Phi) is 3.39. The summed E-state index contributed by atoms with van der Waals surface area (Å²) in [5.74, 6) is -0.00542. The Labute approximate surface area is 98.7 Å². The highest BCUT2D eigenvalue weighted by Crippen LogP contribution is 2.12. The number of H-pyrrole nitrogens is 1. The number of fused-ring (bicyclic) bond motifs is 1. The number of hydrogen-bond donors (Lipinski definition) is 3. The Bertz CT molecular complexity index is 488. The average Bonchev–Trinajstić information content (AvgIpc) is 2.68. The Hall–Kier alpha value is -1.88. The summed E-state index contributed by atoms with van der Waals surface area (Å²) >= 11 is 0. The number of rotatable bonds is 5. The number of carboxylic acids is 1. The first-order chi connectivity index (χ1) is 8.15. The van der Waals surface area contributed by atoms with E-state index in [-0.39, 0.29) is 12.5 Å². The molecule has 0 spiro atoms. The summed E-state index contributed by atoms with van der Waals surface area (Å²) in [7, 11) is 0. The molecule has 0 saturated carbocycles. The van der Waals surface area contributed by atoms with E-state index in [1.54, 1.807) is 0 Å². The number of aromatic nitrogens is 2. The van der Waals surface area contributed by atoms with Crippen molar-refractivity contribution in [1.82, 2.24) is 9.97 Å². The first-order valence-corrected chi connectivity index (χ1v) is 5.56. The van der Waals surface area contributed by atoms with Gasteiger partial charge in [0.25, 0.3) is 0 Å². The molecule has 1 atom stereocenters. The maximum absolute atomic E-state index is 10.5. The number of carboxylic acid groups (broad SMARTS) is 1. The summed E-state index contributed by atoms with van der Waals surface area (Å²) in [6.07, 6.45) is 1.29. The molecule has 1 aromatic heterocycles. The molecule has 0 aliphatic carbocycles. The molecule has 2 rings (SSSR count). The summed E-state index contributed by atoms with van der Waals surface area (Å²) in [6.45, 7) is 0. The normalized spacial score (nSPS) is 12.8. The standard InChI is InChI=1S/C12H15N3O2/c13-8(7-12(16)17)5-6-11-14-9-3-1-2-4-10(9)15-11/h1-4,8H,5-7,13H2,(H,14,15)(H,16,17). The lowest BCUT2D eigenvalue weighted by Crippen LogP contribution is -2.24. The highest BCUT2D eigenvalue weighted by molar-refractivity contribution is 5.74. The number of imidazole rings is 1. The van der Waals surface area contributed by atoms with Crippen LogP contribution in [-0.2, 0) is 11.2 Å². The van der Waals surface area contributed by atoms with Crippen molar-refractivity contribution in [2.75, 3.05) is 0 Å². The molecule has 1 aromatic carbocycles. The van der Waals surface area contributed by atoms with E-state index in [0.29, 0.717) is 12.8 Å². The molecule has 0 aliphatic rings. The predicted molar refractivity (Wildman–Crippen MR) is 64.6 cm³/mol. The summed E-state index contributed by atoms with van der Waals surface area (Å²) in [6, 6.07) is 7.46. The van der Waals surface area contributed by atoms with Gasteiger partial charge in [-0.15, -0.1) is 0 Å². The van der Waals surface area contributed by atoms with Crippen molar-refractivity contribution in [2.45, 2.75) is 25.3 Å². The maximum atomic E-state index is 10.5. The molecule has 0 fully saturated rings. The number of nitrogens with two attached hydrogens (primary N) is 1. The quantitative estimate of drug-likeness (QED) is 0.725. The van der Waals surface area contributed by atoms with Crippen LogP contribution < -0.4 is 5.73 Å². The van der Waals surface area contributed by atoms with Crippen molar-refractivity contribution in [3.63, 3.8) is 0 Å². The Morgan fingerprint density at radius 2 is 2.24 bits per heavy atom. The lowest BCUT2D eigenvalue weighted by molar-refractivity contribution is -0.137. The molecule has 4 N–H and O–H groups in total.